The molecule has 2 aromatic heterocycles. The predicted octanol–water partition coefficient (Wildman–Crippen LogP) is 3.11. The molecule has 1 fully saturated rings. The van der Waals surface area contributed by atoms with Crippen molar-refractivity contribution in [3.63, 3.8) is 0 Å². The molecule has 0 saturated carbocycles. The minimum Gasteiger partial charge on any atom is -0.356 e. The Morgan fingerprint density at radius 3 is 2.52 bits per heavy atom. The predicted molar refractivity (Wildman–Crippen MR) is 108 cm³/mol. The number of fused-ring (bicyclic) bond motifs is 1. The van der Waals surface area contributed by atoms with E-state index in [9.17, 15) is 18.0 Å². The molecule has 4 rings (SSSR count). The van der Waals surface area contributed by atoms with E-state index < -0.39 is 12.0 Å². The molecule has 1 aliphatic heterocycles. The van der Waals surface area contributed by atoms with E-state index in [1.165, 1.54) is 11.6 Å². The molecule has 0 aliphatic carbocycles. The lowest BCUT2D eigenvalue weighted by Crippen LogP contribution is -2.41. The average Bonchev–Trinajstić information content (AvgIpc) is 3.21. The molecule has 31 heavy (non-hydrogen) atoms. The summed E-state index contributed by atoms with van der Waals surface area (Å²) in [6.07, 6.45) is -1.59. The summed E-state index contributed by atoms with van der Waals surface area (Å²) in [7, 11) is 0. The first-order valence-electron chi connectivity index (χ1n) is 10.3. The van der Waals surface area contributed by atoms with Crippen LogP contribution in [0.5, 0.6) is 0 Å². The molecule has 1 N–H and O–H groups in total. The van der Waals surface area contributed by atoms with E-state index in [1.54, 1.807) is 6.07 Å². The Hall–Kier alpha value is -3.17. The van der Waals surface area contributed by atoms with Gasteiger partial charge in [0.15, 0.2) is 5.65 Å². The summed E-state index contributed by atoms with van der Waals surface area (Å²) in [5, 5.41) is 13.8. The van der Waals surface area contributed by atoms with E-state index in [2.05, 4.69) is 32.7 Å². The number of piperidine rings is 1. The standard InChI is InChI=1S/C21H23F3N6O/c22-21(23,24)20-27-26-17-8-9-18(28-30(17)20)29-13-10-16(11-14-29)19(31)25-12-4-7-15-5-2-1-3-6-15/h1-3,5-6,8-9,16H,4,7,10-14H2,(H,25,31). The fourth-order valence-electron chi connectivity index (χ4n) is 3.79. The van der Waals surface area contributed by atoms with Gasteiger partial charge in [-0.15, -0.1) is 15.3 Å². The molecule has 1 aromatic carbocycles. The number of benzene rings is 1. The summed E-state index contributed by atoms with van der Waals surface area (Å²) in [5.74, 6) is -0.791. The highest BCUT2D eigenvalue weighted by molar-refractivity contribution is 5.78. The molecule has 0 bridgehead atoms. The highest BCUT2D eigenvalue weighted by atomic mass is 19.4. The summed E-state index contributed by atoms with van der Waals surface area (Å²) in [6.45, 7) is 1.72. The van der Waals surface area contributed by atoms with Gasteiger partial charge < -0.3 is 10.2 Å². The van der Waals surface area contributed by atoms with E-state index in [-0.39, 0.29) is 17.5 Å². The van der Waals surface area contributed by atoms with Gasteiger partial charge in [0.25, 0.3) is 5.82 Å². The first-order chi connectivity index (χ1) is 14.9. The maximum atomic E-state index is 13.1. The summed E-state index contributed by atoms with van der Waals surface area (Å²) in [5.41, 5.74) is 1.29. The number of amides is 1. The van der Waals surface area contributed by atoms with Crippen LogP contribution < -0.4 is 10.2 Å². The van der Waals surface area contributed by atoms with Crippen molar-refractivity contribution in [2.75, 3.05) is 24.5 Å². The van der Waals surface area contributed by atoms with Crippen LogP contribution in [0.4, 0.5) is 19.0 Å². The van der Waals surface area contributed by atoms with E-state index in [0.29, 0.717) is 38.3 Å². The Balaban J connectivity index is 1.28. The van der Waals surface area contributed by atoms with Crippen LogP contribution in [-0.4, -0.2) is 45.4 Å². The number of alkyl halides is 3. The molecule has 164 valence electrons. The number of nitrogens with one attached hydrogen (secondary N) is 1. The van der Waals surface area contributed by atoms with Gasteiger partial charge in [0.2, 0.25) is 5.91 Å². The van der Waals surface area contributed by atoms with Crippen molar-refractivity contribution < 1.29 is 18.0 Å². The van der Waals surface area contributed by atoms with Crippen molar-refractivity contribution >= 4 is 17.4 Å². The number of aryl methyl sites for hydroxylation is 1. The van der Waals surface area contributed by atoms with Gasteiger partial charge in [0.1, 0.15) is 5.82 Å². The minimum absolute atomic E-state index is 0.0364. The Morgan fingerprint density at radius 2 is 1.81 bits per heavy atom. The monoisotopic (exact) mass is 432 g/mol. The van der Waals surface area contributed by atoms with E-state index >= 15 is 0 Å². The number of aromatic nitrogens is 4. The van der Waals surface area contributed by atoms with Crippen LogP contribution in [0.3, 0.4) is 0 Å². The highest BCUT2D eigenvalue weighted by Gasteiger charge is 2.38. The zero-order chi connectivity index (χ0) is 21.8. The zero-order valence-corrected chi connectivity index (χ0v) is 16.8. The maximum absolute atomic E-state index is 13.1. The van der Waals surface area contributed by atoms with Crippen LogP contribution >= 0.6 is 0 Å². The first-order valence-corrected chi connectivity index (χ1v) is 10.3. The SMILES string of the molecule is O=C(NCCCc1ccccc1)C1CCN(c2ccc3nnc(C(F)(F)F)n3n2)CC1. The molecular formula is C21H23F3N6O. The second kappa shape index (κ2) is 8.91. The van der Waals surface area contributed by atoms with Crippen LogP contribution in [0.25, 0.3) is 5.65 Å². The number of anilines is 1. The third kappa shape index (κ3) is 4.95. The largest absolute Gasteiger partial charge is 0.453 e. The van der Waals surface area contributed by atoms with Crippen molar-refractivity contribution in [3.8, 4) is 0 Å². The molecule has 7 nitrogen and oxygen atoms in total. The number of hydrogen-bond acceptors (Lipinski definition) is 5. The molecule has 10 heteroatoms. The summed E-state index contributed by atoms with van der Waals surface area (Å²) < 4.78 is 39.9. The average molecular weight is 432 g/mol. The lowest BCUT2D eigenvalue weighted by Gasteiger charge is -2.32. The number of nitrogens with zero attached hydrogens (tertiary/aromatic N) is 5. The first kappa shape index (κ1) is 21.1. The Morgan fingerprint density at radius 1 is 1.06 bits per heavy atom. The normalized spacial score (nSPS) is 15.4. The lowest BCUT2D eigenvalue weighted by molar-refractivity contribution is -0.146. The van der Waals surface area contributed by atoms with Gasteiger partial charge in [0.05, 0.1) is 0 Å². The molecule has 1 saturated heterocycles. The molecule has 3 heterocycles. The van der Waals surface area contributed by atoms with E-state index in [0.717, 1.165) is 17.4 Å². The van der Waals surface area contributed by atoms with Gasteiger partial charge in [-0.05, 0) is 43.4 Å². The number of carbonyl (C=O) groups is 1. The quantitative estimate of drug-likeness (QED) is 0.606. The fourth-order valence-corrected chi connectivity index (χ4v) is 3.79. The molecule has 0 atom stereocenters. The second-order valence-electron chi connectivity index (χ2n) is 7.62. The van der Waals surface area contributed by atoms with Crippen LogP contribution in [-0.2, 0) is 17.4 Å². The zero-order valence-electron chi connectivity index (χ0n) is 16.8. The number of rotatable bonds is 6. The number of hydrogen-bond donors (Lipinski definition) is 1. The van der Waals surface area contributed by atoms with Crippen molar-refractivity contribution in [3.05, 3.63) is 53.9 Å². The van der Waals surface area contributed by atoms with Crippen molar-refractivity contribution in [2.24, 2.45) is 5.92 Å². The minimum atomic E-state index is -4.63. The van der Waals surface area contributed by atoms with Gasteiger partial charge in [-0.3, -0.25) is 4.79 Å². The molecular weight excluding hydrogens is 409 g/mol. The maximum Gasteiger partial charge on any atom is 0.453 e. The number of halogens is 3. The Labute approximate surface area is 177 Å². The van der Waals surface area contributed by atoms with Crippen molar-refractivity contribution in [2.45, 2.75) is 31.9 Å². The molecule has 1 aliphatic rings. The Bertz CT molecular complexity index is 1030. The summed E-state index contributed by atoms with van der Waals surface area (Å²) >= 11 is 0. The second-order valence-corrected chi connectivity index (χ2v) is 7.62. The molecule has 0 radical (unpaired) electrons. The van der Waals surface area contributed by atoms with Crippen LogP contribution in [0, 0.1) is 5.92 Å². The molecule has 0 spiro atoms. The smallest absolute Gasteiger partial charge is 0.356 e. The third-order valence-electron chi connectivity index (χ3n) is 5.48. The molecule has 0 unspecified atom stereocenters. The van der Waals surface area contributed by atoms with Crippen molar-refractivity contribution in [1.29, 1.82) is 0 Å². The van der Waals surface area contributed by atoms with Gasteiger partial charge in [-0.25, -0.2) is 0 Å². The Kier molecular flexibility index (Phi) is 6.06. The fraction of sp³-hybridized carbons (Fsp3) is 0.429. The van der Waals surface area contributed by atoms with Gasteiger partial charge >= 0.3 is 6.18 Å². The molecule has 1 amide bonds. The van der Waals surface area contributed by atoms with Gasteiger partial charge in [-0.1, -0.05) is 30.3 Å². The highest BCUT2D eigenvalue weighted by Crippen LogP contribution is 2.28. The van der Waals surface area contributed by atoms with E-state index in [4.69, 9.17) is 0 Å². The van der Waals surface area contributed by atoms with Crippen LogP contribution in [0.2, 0.25) is 0 Å². The van der Waals surface area contributed by atoms with Gasteiger partial charge in [-0.2, -0.15) is 17.7 Å². The molecule has 3 aromatic rings. The summed E-state index contributed by atoms with van der Waals surface area (Å²) in [4.78, 5) is 14.3. The third-order valence-corrected chi connectivity index (χ3v) is 5.48. The van der Waals surface area contributed by atoms with Crippen molar-refractivity contribution in [1.82, 2.24) is 25.1 Å². The van der Waals surface area contributed by atoms with Gasteiger partial charge in [0, 0.05) is 25.6 Å². The summed E-state index contributed by atoms with van der Waals surface area (Å²) in [6, 6.07) is 13.2. The number of carbonyl (C=O) groups excluding carboxylic acids is 1. The van der Waals surface area contributed by atoms with E-state index in [1.807, 2.05) is 23.1 Å². The van der Waals surface area contributed by atoms with Crippen LogP contribution in [0.1, 0.15) is 30.7 Å². The van der Waals surface area contributed by atoms with Crippen LogP contribution in [0.15, 0.2) is 42.5 Å². The lowest BCUT2D eigenvalue weighted by atomic mass is 9.96. The topological polar surface area (TPSA) is 75.4 Å².